The van der Waals surface area contributed by atoms with Gasteiger partial charge in [0.05, 0.1) is 54.3 Å². The molecule has 0 spiro atoms. The van der Waals surface area contributed by atoms with E-state index in [2.05, 4.69) is 38.9 Å². The average molecular weight is 555 g/mol. The zero-order valence-electron chi connectivity index (χ0n) is 23.7. The van der Waals surface area contributed by atoms with Crippen LogP contribution in [0.2, 0.25) is 0 Å². The van der Waals surface area contributed by atoms with Crippen LogP contribution in [0.5, 0.6) is 11.6 Å². The maximum Gasteiger partial charge on any atom is 0.212 e. The molecule has 0 saturated carbocycles. The predicted octanol–water partition coefficient (Wildman–Crippen LogP) is 3.35. The normalized spacial score (nSPS) is 19.8. The Hall–Kier alpha value is -4.27. The van der Waals surface area contributed by atoms with Gasteiger partial charge in [-0.25, -0.2) is 14.5 Å². The number of likely N-dealkylation sites (tertiary alicyclic amines) is 1. The van der Waals surface area contributed by atoms with Crippen LogP contribution in [0.3, 0.4) is 0 Å². The summed E-state index contributed by atoms with van der Waals surface area (Å²) in [6, 6.07) is 8.35. The van der Waals surface area contributed by atoms with Crippen molar-refractivity contribution in [2.75, 3.05) is 44.8 Å². The maximum absolute atomic E-state index is 10.1. The molecular weight excluding hydrogens is 520 g/mol. The second-order valence-electron chi connectivity index (χ2n) is 11.6. The Balaban J connectivity index is 1.17. The van der Waals surface area contributed by atoms with Gasteiger partial charge in [-0.1, -0.05) is 6.07 Å². The second kappa shape index (κ2) is 10.6. The third-order valence-corrected chi connectivity index (χ3v) is 8.05. The minimum Gasteiger partial charge on any atom is -0.489 e. The van der Waals surface area contributed by atoms with Crippen molar-refractivity contribution in [2.45, 2.75) is 32.4 Å². The van der Waals surface area contributed by atoms with E-state index < -0.39 is 5.60 Å². The lowest BCUT2D eigenvalue weighted by Crippen LogP contribution is -2.31. The molecule has 4 aromatic heterocycles. The summed E-state index contributed by atoms with van der Waals surface area (Å²) < 4.78 is 12.6. The number of nitriles is 1. The average Bonchev–Trinajstić information content (AvgIpc) is 3.68. The quantitative estimate of drug-likeness (QED) is 0.347. The maximum atomic E-state index is 10.1. The van der Waals surface area contributed by atoms with E-state index in [0.29, 0.717) is 51.8 Å². The molecule has 2 aliphatic heterocycles. The highest BCUT2D eigenvalue weighted by Gasteiger charge is 2.42. The lowest BCUT2D eigenvalue weighted by molar-refractivity contribution is 0.0283. The molecule has 41 heavy (non-hydrogen) atoms. The summed E-state index contributed by atoms with van der Waals surface area (Å²) in [4.78, 5) is 18.8. The monoisotopic (exact) mass is 554 g/mol. The Bertz CT molecular complexity index is 1560. The molecule has 0 aromatic carbocycles. The molecule has 2 aliphatic rings. The second-order valence-corrected chi connectivity index (χ2v) is 11.6. The summed E-state index contributed by atoms with van der Waals surface area (Å²) >= 11 is 0. The molecule has 0 radical (unpaired) electrons. The van der Waals surface area contributed by atoms with E-state index in [9.17, 15) is 10.4 Å². The lowest BCUT2D eigenvalue weighted by Gasteiger charge is -2.27. The van der Waals surface area contributed by atoms with E-state index in [1.807, 2.05) is 24.5 Å². The van der Waals surface area contributed by atoms with E-state index in [1.165, 1.54) is 11.8 Å². The molecule has 4 aromatic rings. The first-order chi connectivity index (χ1) is 19.7. The van der Waals surface area contributed by atoms with Gasteiger partial charge >= 0.3 is 0 Å². The van der Waals surface area contributed by atoms with Crippen molar-refractivity contribution in [3.8, 4) is 29.0 Å². The van der Waals surface area contributed by atoms with Gasteiger partial charge in [-0.3, -0.25) is 9.88 Å². The van der Waals surface area contributed by atoms with E-state index in [4.69, 9.17) is 19.4 Å². The number of pyridine rings is 2. The summed E-state index contributed by atoms with van der Waals surface area (Å²) in [6.45, 7) is 9.67. The minimum atomic E-state index is -0.992. The summed E-state index contributed by atoms with van der Waals surface area (Å²) in [6.07, 6.45) is 8.69. The fourth-order valence-corrected chi connectivity index (χ4v) is 5.84. The molecule has 2 saturated heterocycles. The van der Waals surface area contributed by atoms with Crippen LogP contribution < -0.4 is 14.4 Å². The van der Waals surface area contributed by atoms with Gasteiger partial charge in [0.25, 0.3) is 0 Å². The van der Waals surface area contributed by atoms with Crippen molar-refractivity contribution >= 4 is 11.3 Å². The van der Waals surface area contributed by atoms with Gasteiger partial charge in [0, 0.05) is 50.0 Å². The summed E-state index contributed by atoms with van der Waals surface area (Å²) in [5.74, 6) is 3.14. The van der Waals surface area contributed by atoms with Gasteiger partial charge < -0.3 is 19.5 Å². The van der Waals surface area contributed by atoms with E-state index in [0.717, 1.165) is 32.0 Å². The minimum absolute atomic E-state index is 0.111. The van der Waals surface area contributed by atoms with E-state index >= 15 is 0 Å². The van der Waals surface area contributed by atoms with Crippen LogP contribution in [0.4, 0.5) is 5.82 Å². The van der Waals surface area contributed by atoms with Crippen LogP contribution in [0.1, 0.15) is 37.9 Å². The molecule has 3 atom stereocenters. The molecule has 0 amide bonds. The van der Waals surface area contributed by atoms with Crippen LogP contribution in [-0.4, -0.2) is 80.1 Å². The van der Waals surface area contributed by atoms with Crippen molar-refractivity contribution in [1.82, 2.24) is 29.5 Å². The molecule has 6 rings (SSSR count). The first kappa shape index (κ1) is 26.9. The van der Waals surface area contributed by atoms with Crippen LogP contribution in [0.15, 0.2) is 49.2 Å². The molecule has 0 bridgehead atoms. The molecule has 6 heterocycles. The fourth-order valence-electron chi connectivity index (χ4n) is 5.84. The van der Waals surface area contributed by atoms with Crippen molar-refractivity contribution in [3.63, 3.8) is 0 Å². The molecule has 212 valence electrons. The highest BCUT2D eigenvalue weighted by molar-refractivity contribution is 5.83. The lowest BCUT2D eigenvalue weighted by atomic mass is 10.0. The number of aliphatic hydroxyl groups is 1. The van der Waals surface area contributed by atoms with Crippen molar-refractivity contribution < 1.29 is 14.6 Å². The van der Waals surface area contributed by atoms with Gasteiger partial charge in [-0.15, -0.1) is 0 Å². The summed E-state index contributed by atoms with van der Waals surface area (Å²) in [5, 5.41) is 24.1. The smallest absolute Gasteiger partial charge is 0.212 e. The Labute approximate surface area is 239 Å². The van der Waals surface area contributed by atoms with Crippen LogP contribution in [0, 0.1) is 23.2 Å². The van der Waals surface area contributed by atoms with Crippen molar-refractivity contribution in [1.29, 1.82) is 5.26 Å². The number of fused-ring (bicyclic) bond motifs is 2. The number of aromatic nitrogens is 5. The molecule has 0 aliphatic carbocycles. The van der Waals surface area contributed by atoms with Gasteiger partial charge in [0.15, 0.2) is 0 Å². The van der Waals surface area contributed by atoms with Crippen LogP contribution in [-0.2, 0) is 0 Å². The number of ether oxygens (including phenoxy) is 2. The topological polar surface area (TPSA) is 125 Å². The van der Waals surface area contributed by atoms with Gasteiger partial charge in [-0.05, 0) is 44.2 Å². The Morgan fingerprint density at radius 1 is 1.07 bits per heavy atom. The van der Waals surface area contributed by atoms with Crippen molar-refractivity contribution in [2.24, 2.45) is 11.8 Å². The zero-order valence-corrected chi connectivity index (χ0v) is 23.7. The Morgan fingerprint density at radius 2 is 1.85 bits per heavy atom. The largest absolute Gasteiger partial charge is 0.489 e. The van der Waals surface area contributed by atoms with Crippen LogP contribution >= 0.6 is 0 Å². The fraction of sp³-hybridized carbons (Fsp3) is 0.433. The summed E-state index contributed by atoms with van der Waals surface area (Å²) in [5.41, 5.74) is 2.61. The Morgan fingerprint density at radius 3 is 2.46 bits per heavy atom. The van der Waals surface area contributed by atoms with E-state index in [1.54, 1.807) is 37.9 Å². The number of methoxy groups -OCH3 is 1. The molecule has 1 unspecified atom stereocenters. The molecule has 11 heteroatoms. The van der Waals surface area contributed by atoms with E-state index in [-0.39, 0.29) is 6.61 Å². The molecule has 1 N–H and O–H groups in total. The Kier molecular flexibility index (Phi) is 6.97. The third-order valence-electron chi connectivity index (χ3n) is 8.05. The first-order valence-electron chi connectivity index (χ1n) is 13.8. The standard InChI is InChI=1S/C30H34N8O3/c1-19(20-5-6-28(40-4)34-9-20)36-13-22-15-37(16-23(22)14-36)27-12-32-26(11-33-27)25-7-24(41-18-30(2,3)39)17-38-29(25)21(8-31)10-35-38/h5-7,9-12,17,19,22-23,39H,13-16,18H2,1-4H3/t19?,22-,23+. The van der Waals surface area contributed by atoms with Gasteiger partial charge in [0.1, 0.15) is 24.2 Å². The third kappa shape index (κ3) is 5.40. The number of nitrogens with zero attached hydrogens (tertiary/aromatic N) is 8. The zero-order chi connectivity index (χ0) is 28.7. The number of hydrogen-bond donors (Lipinski definition) is 1. The molecular formula is C30H34N8O3. The predicted molar refractivity (Wildman–Crippen MR) is 153 cm³/mol. The van der Waals surface area contributed by atoms with Gasteiger partial charge in [-0.2, -0.15) is 10.4 Å². The number of hydrogen-bond acceptors (Lipinski definition) is 10. The molecule has 11 nitrogen and oxygen atoms in total. The summed E-state index contributed by atoms with van der Waals surface area (Å²) in [7, 11) is 1.63. The SMILES string of the molecule is COc1ccc(C(C)N2C[C@H]3CN(c4cnc(-c5cc(OCC(C)(C)O)cn6ncc(C#N)c56)cn4)C[C@H]3C2)cn1. The number of rotatable bonds is 8. The number of anilines is 1. The highest BCUT2D eigenvalue weighted by Crippen LogP contribution is 2.37. The molecule has 2 fully saturated rings. The van der Waals surface area contributed by atoms with Gasteiger partial charge in [0.2, 0.25) is 5.88 Å². The van der Waals surface area contributed by atoms with Crippen molar-refractivity contribution in [3.05, 3.63) is 60.3 Å². The van der Waals surface area contributed by atoms with Crippen LogP contribution in [0.25, 0.3) is 16.8 Å². The first-order valence-corrected chi connectivity index (χ1v) is 13.8. The highest BCUT2D eigenvalue weighted by atomic mass is 16.5.